The first-order valence-electron chi connectivity index (χ1n) is 7.23. The van der Waals surface area contributed by atoms with Crippen LogP contribution < -0.4 is 5.32 Å². The van der Waals surface area contributed by atoms with Crippen molar-refractivity contribution < 1.29 is 19.1 Å². The highest BCUT2D eigenvalue weighted by molar-refractivity contribution is 6.06. The van der Waals surface area contributed by atoms with E-state index in [0.717, 1.165) is 16.5 Å². The summed E-state index contributed by atoms with van der Waals surface area (Å²) in [5, 5.41) is 12.8. The van der Waals surface area contributed by atoms with Crippen LogP contribution in [-0.4, -0.2) is 18.1 Å². The van der Waals surface area contributed by atoms with Crippen LogP contribution in [0.4, 0.5) is 5.69 Å². The molecule has 0 unspecified atom stereocenters. The molecule has 2 N–H and O–H groups in total. The molecule has 0 saturated heterocycles. The van der Waals surface area contributed by atoms with E-state index < -0.39 is 0 Å². The Morgan fingerprint density at radius 3 is 2.83 bits per heavy atom. The Morgan fingerprint density at radius 2 is 2.04 bits per heavy atom. The molecular weight excluding hydrogens is 294 g/mol. The number of ether oxygens (including phenoxy) is 1. The van der Waals surface area contributed by atoms with Gasteiger partial charge >= 0.3 is 0 Å². The van der Waals surface area contributed by atoms with E-state index >= 15 is 0 Å². The number of carbonyl (C=O) groups is 1. The Balaban J connectivity index is 1.95. The van der Waals surface area contributed by atoms with Crippen molar-refractivity contribution in [3.8, 4) is 0 Å². The first kappa shape index (κ1) is 15.3. The number of nitrogens with one attached hydrogen (secondary N) is 1. The molecule has 0 aliphatic carbocycles. The van der Waals surface area contributed by atoms with Crippen molar-refractivity contribution in [3.63, 3.8) is 0 Å². The van der Waals surface area contributed by atoms with Crippen LogP contribution in [-0.2, 0) is 18.0 Å². The minimum atomic E-state index is -0.344. The quantitative estimate of drug-likeness (QED) is 0.758. The predicted octanol–water partition coefficient (Wildman–Crippen LogP) is 3.32. The molecule has 23 heavy (non-hydrogen) atoms. The molecule has 118 valence electrons. The summed E-state index contributed by atoms with van der Waals surface area (Å²) in [4.78, 5) is 12.6. The number of hydrogen-bond donors (Lipinski definition) is 2. The van der Waals surface area contributed by atoms with E-state index in [1.165, 1.54) is 0 Å². The molecule has 1 aromatic heterocycles. The summed E-state index contributed by atoms with van der Waals surface area (Å²) in [6.07, 6.45) is 0. The van der Waals surface area contributed by atoms with Crippen LogP contribution in [0.3, 0.4) is 0 Å². The fraction of sp³-hybridized carbons (Fsp3) is 0.167. The first-order valence-corrected chi connectivity index (χ1v) is 7.23. The van der Waals surface area contributed by atoms with Gasteiger partial charge in [0.1, 0.15) is 5.58 Å². The summed E-state index contributed by atoms with van der Waals surface area (Å²) in [5.74, 6) is -0.106. The van der Waals surface area contributed by atoms with Gasteiger partial charge in [-0.1, -0.05) is 30.3 Å². The summed E-state index contributed by atoms with van der Waals surface area (Å²) >= 11 is 0. The van der Waals surface area contributed by atoms with Gasteiger partial charge in [0.15, 0.2) is 5.76 Å². The SMILES string of the molecule is COCc1c(C(=O)Nc2cccc(CO)c2)oc2ccccc12. The Bertz CT molecular complexity index is 838. The van der Waals surface area contributed by atoms with E-state index in [1.807, 2.05) is 24.3 Å². The zero-order valence-corrected chi connectivity index (χ0v) is 12.7. The predicted molar refractivity (Wildman–Crippen MR) is 87.2 cm³/mol. The molecule has 0 aliphatic heterocycles. The minimum absolute atomic E-state index is 0.0801. The van der Waals surface area contributed by atoms with Gasteiger partial charge in [0, 0.05) is 23.7 Å². The van der Waals surface area contributed by atoms with E-state index in [4.69, 9.17) is 9.15 Å². The third kappa shape index (κ3) is 3.11. The molecule has 3 aromatic rings. The van der Waals surface area contributed by atoms with Crippen LogP contribution >= 0.6 is 0 Å². The summed E-state index contributed by atoms with van der Waals surface area (Å²) in [7, 11) is 1.58. The number of fused-ring (bicyclic) bond motifs is 1. The molecule has 1 heterocycles. The molecule has 1 amide bonds. The first-order chi connectivity index (χ1) is 11.2. The Labute approximate surface area is 133 Å². The van der Waals surface area contributed by atoms with Crippen LogP contribution in [0.2, 0.25) is 0 Å². The number of aliphatic hydroxyl groups excluding tert-OH is 1. The number of aliphatic hydroxyl groups is 1. The molecule has 0 saturated carbocycles. The van der Waals surface area contributed by atoms with Gasteiger partial charge in [0.05, 0.1) is 13.2 Å². The molecule has 2 aromatic carbocycles. The lowest BCUT2D eigenvalue weighted by Crippen LogP contribution is -2.13. The number of amides is 1. The number of rotatable bonds is 5. The molecule has 0 radical (unpaired) electrons. The highest BCUT2D eigenvalue weighted by Crippen LogP contribution is 2.27. The number of benzene rings is 2. The average Bonchev–Trinajstić information content (AvgIpc) is 2.94. The van der Waals surface area contributed by atoms with Crippen molar-refractivity contribution in [2.45, 2.75) is 13.2 Å². The van der Waals surface area contributed by atoms with E-state index in [2.05, 4.69) is 5.32 Å². The van der Waals surface area contributed by atoms with Crippen LogP contribution in [0.15, 0.2) is 52.9 Å². The maximum atomic E-state index is 12.6. The van der Waals surface area contributed by atoms with E-state index in [1.54, 1.807) is 31.4 Å². The number of carbonyl (C=O) groups excluding carboxylic acids is 1. The molecule has 0 fully saturated rings. The second kappa shape index (κ2) is 6.64. The molecule has 0 atom stereocenters. The summed E-state index contributed by atoms with van der Waals surface area (Å²) < 4.78 is 10.9. The molecule has 0 spiro atoms. The van der Waals surface area contributed by atoms with Crippen molar-refractivity contribution in [1.29, 1.82) is 0 Å². The molecule has 3 rings (SSSR count). The number of para-hydroxylation sites is 1. The van der Waals surface area contributed by atoms with Gasteiger partial charge in [-0.3, -0.25) is 4.79 Å². The average molecular weight is 311 g/mol. The Hall–Kier alpha value is -2.63. The monoisotopic (exact) mass is 311 g/mol. The normalized spacial score (nSPS) is 10.9. The van der Waals surface area contributed by atoms with E-state index in [-0.39, 0.29) is 24.9 Å². The molecule has 5 nitrogen and oxygen atoms in total. The van der Waals surface area contributed by atoms with Crippen molar-refractivity contribution in [1.82, 2.24) is 0 Å². The maximum absolute atomic E-state index is 12.6. The highest BCUT2D eigenvalue weighted by atomic mass is 16.5. The van der Waals surface area contributed by atoms with Crippen molar-refractivity contribution >= 4 is 22.6 Å². The topological polar surface area (TPSA) is 71.7 Å². The van der Waals surface area contributed by atoms with Crippen molar-refractivity contribution in [2.75, 3.05) is 12.4 Å². The standard InChI is InChI=1S/C18H17NO4/c1-22-11-15-14-7-2-3-8-16(14)23-17(15)18(21)19-13-6-4-5-12(9-13)10-20/h2-9,20H,10-11H2,1H3,(H,19,21). The maximum Gasteiger partial charge on any atom is 0.291 e. The highest BCUT2D eigenvalue weighted by Gasteiger charge is 2.20. The molecular formula is C18H17NO4. The summed E-state index contributed by atoms with van der Waals surface area (Å²) in [6.45, 7) is 0.208. The minimum Gasteiger partial charge on any atom is -0.451 e. The number of anilines is 1. The Kier molecular flexibility index (Phi) is 4.41. The van der Waals surface area contributed by atoms with Gasteiger partial charge in [-0.2, -0.15) is 0 Å². The largest absolute Gasteiger partial charge is 0.451 e. The zero-order chi connectivity index (χ0) is 16.2. The fourth-order valence-corrected chi connectivity index (χ4v) is 2.51. The summed E-state index contributed by atoms with van der Waals surface area (Å²) in [5.41, 5.74) is 2.70. The van der Waals surface area contributed by atoms with Crippen LogP contribution in [0, 0.1) is 0 Å². The van der Waals surface area contributed by atoms with Gasteiger partial charge in [0.25, 0.3) is 5.91 Å². The fourth-order valence-electron chi connectivity index (χ4n) is 2.51. The lowest BCUT2D eigenvalue weighted by molar-refractivity contribution is 0.0992. The zero-order valence-electron chi connectivity index (χ0n) is 12.7. The lowest BCUT2D eigenvalue weighted by Gasteiger charge is -2.06. The van der Waals surface area contributed by atoms with Crippen molar-refractivity contribution in [3.05, 3.63) is 65.4 Å². The Morgan fingerprint density at radius 1 is 1.22 bits per heavy atom. The third-order valence-electron chi connectivity index (χ3n) is 3.56. The van der Waals surface area contributed by atoms with Crippen molar-refractivity contribution in [2.24, 2.45) is 0 Å². The van der Waals surface area contributed by atoms with E-state index in [9.17, 15) is 9.90 Å². The second-order valence-electron chi connectivity index (χ2n) is 5.15. The van der Waals surface area contributed by atoms with Crippen LogP contribution in [0.25, 0.3) is 11.0 Å². The van der Waals surface area contributed by atoms with Gasteiger partial charge < -0.3 is 19.6 Å². The van der Waals surface area contributed by atoms with E-state index in [0.29, 0.717) is 11.3 Å². The van der Waals surface area contributed by atoms with Gasteiger partial charge in [-0.15, -0.1) is 0 Å². The van der Waals surface area contributed by atoms with Gasteiger partial charge in [-0.25, -0.2) is 0 Å². The smallest absolute Gasteiger partial charge is 0.291 e. The molecule has 0 bridgehead atoms. The summed E-state index contributed by atoms with van der Waals surface area (Å²) in [6, 6.07) is 14.5. The second-order valence-corrected chi connectivity index (χ2v) is 5.15. The number of furan rings is 1. The van der Waals surface area contributed by atoms with Crippen LogP contribution in [0.1, 0.15) is 21.7 Å². The lowest BCUT2D eigenvalue weighted by atomic mass is 10.1. The van der Waals surface area contributed by atoms with Gasteiger partial charge in [-0.05, 0) is 23.8 Å². The van der Waals surface area contributed by atoms with Gasteiger partial charge in [0.2, 0.25) is 0 Å². The number of hydrogen-bond acceptors (Lipinski definition) is 4. The van der Waals surface area contributed by atoms with Crippen LogP contribution in [0.5, 0.6) is 0 Å². The molecule has 0 aliphatic rings. The number of methoxy groups -OCH3 is 1. The molecule has 5 heteroatoms. The third-order valence-corrected chi connectivity index (χ3v) is 3.56.